The Labute approximate surface area is 185 Å². The van der Waals surface area contributed by atoms with Crippen molar-refractivity contribution in [2.45, 2.75) is 18.7 Å². The highest BCUT2D eigenvalue weighted by atomic mass is 16.7. The molecule has 0 saturated carbocycles. The van der Waals surface area contributed by atoms with Crippen LogP contribution in [0.25, 0.3) is 0 Å². The molecule has 2 saturated heterocycles. The molecule has 2 aliphatic heterocycles. The number of rotatable bonds is 5. The van der Waals surface area contributed by atoms with Crippen LogP contribution >= 0.6 is 0 Å². The lowest BCUT2D eigenvalue weighted by atomic mass is 9.90. The summed E-state index contributed by atoms with van der Waals surface area (Å²) in [5.41, 5.74) is 2.31. The molecule has 0 aromatic heterocycles. The Hall–Kier alpha value is -3.84. The third-order valence-electron chi connectivity index (χ3n) is 5.95. The highest BCUT2D eigenvalue weighted by molar-refractivity contribution is 6.07. The van der Waals surface area contributed by atoms with Gasteiger partial charge in [-0.3, -0.25) is 19.3 Å². The van der Waals surface area contributed by atoms with Gasteiger partial charge in [0, 0.05) is 0 Å². The number of phenolic OH excluding ortho intramolecular Hbond substituents is 1. The number of ether oxygens (including phenoxy) is 1. The molecular formula is C25H22N2O5. The third kappa shape index (κ3) is 3.27. The Morgan fingerprint density at radius 2 is 1.62 bits per heavy atom. The molecular weight excluding hydrogens is 408 g/mol. The zero-order valence-electron chi connectivity index (χ0n) is 17.4. The van der Waals surface area contributed by atoms with Crippen molar-refractivity contribution in [1.82, 2.24) is 4.90 Å². The van der Waals surface area contributed by atoms with Crippen molar-refractivity contribution in [3.05, 3.63) is 90.0 Å². The summed E-state index contributed by atoms with van der Waals surface area (Å²) in [5, 5.41) is 11.7. The molecule has 32 heavy (non-hydrogen) atoms. The average molecular weight is 430 g/mol. The van der Waals surface area contributed by atoms with Crippen LogP contribution < -0.4 is 9.80 Å². The molecule has 0 spiro atoms. The SMILES string of the molecule is COc1cc([C@@H]2[C@H]3C(=O)N(Cc4ccccc4)C(=O)[C@@H]3ON2c2ccccc2)ccc1O. The molecule has 0 aliphatic carbocycles. The summed E-state index contributed by atoms with van der Waals surface area (Å²) < 4.78 is 5.27. The Kier molecular flexibility index (Phi) is 5.03. The Bertz CT molecular complexity index is 1150. The maximum atomic E-state index is 13.5. The normalized spacial score (nSPS) is 22.3. The molecule has 2 heterocycles. The number of anilines is 1. The molecule has 162 valence electrons. The number of hydrogen-bond acceptors (Lipinski definition) is 6. The molecule has 0 radical (unpaired) electrons. The zero-order chi connectivity index (χ0) is 22.2. The van der Waals surface area contributed by atoms with E-state index < -0.39 is 18.1 Å². The predicted molar refractivity (Wildman–Crippen MR) is 117 cm³/mol. The molecule has 1 N–H and O–H groups in total. The number of nitrogens with zero attached hydrogens (tertiary/aromatic N) is 2. The average Bonchev–Trinajstić information content (AvgIpc) is 3.33. The molecule has 3 aromatic carbocycles. The summed E-state index contributed by atoms with van der Waals surface area (Å²) in [7, 11) is 1.47. The second-order valence-corrected chi connectivity index (χ2v) is 7.84. The molecule has 3 atom stereocenters. The Morgan fingerprint density at radius 1 is 0.938 bits per heavy atom. The van der Waals surface area contributed by atoms with Crippen molar-refractivity contribution >= 4 is 17.5 Å². The number of fused-ring (bicyclic) bond motifs is 1. The first kappa shape index (κ1) is 20.1. The van der Waals surface area contributed by atoms with E-state index in [1.165, 1.54) is 18.1 Å². The quantitative estimate of drug-likeness (QED) is 0.625. The summed E-state index contributed by atoms with van der Waals surface area (Å²) in [6.45, 7) is 0.200. The number of aromatic hydroxyl groups is 1. The lowest BCUT2D eigenvalue weighted by Gasteiger charge is -2.29. The van der Waals surface area contributed by atoms with Crippen molar-refractivity contribution in [3.63, 3.8) is 0 Å². The van der Waals surface area contributed by atoms with E-state index in [4.69, 9.17) is 9.57 Å². The summed E-state index contributed by atoms with van der Waals surface area (Å²) >= 11 is 0. The number of para-hydroxylation sites is 1. The standard InChI is InChI=1S/C25H22N2O5/c1-31-20-14-17(12-13-19(20)28)22-21-23(32-27(22)18-10-6-3-7-11-18)25(30)26(24(21)29)15-16-8-4-2-5-9-16/h2-14,21-23,28H,15H2,1H3/t21-,22-,23-/m1/s1. The molecule has 2 amide bonds. The van der Waals surface area contributed by atoms with Gasteiger partial charge in [0.2, 0.25) is 5.91 Å². The summed E-state index contributed by atoms with van der Waals surface area (Å²) in [6, 6.07) is 23.1. The molecule has 7 heteroatoms. The zero-order valence-corrected chi connectivity index (χ0v) is 17.4. The van der Waals surface area contributed by atoms with Crippen LogP contribution in [0.3, 0.4) is 0 Å². The third-order valence-corrected chi connectivity index (χ3v) is 5.95. The van der Waals surface area contributed by atoms with Crippen molar-refractivity contribution in [2.24, 2.45) is 5.92 Å². The highest BCUT2D eigenvalue weighted by Crippen LogP contribution is 2.48. The second kappa shape index (κ2) is 8.01. The fourth-order valence-corrected chi connectivity index (χ4v) is 4.41. The van der Waals surface area contributed by atoms with Gasteiger partial charge in [0.25, 0.3) is 5.91 Å². The predicted octanol–water partition coefficient (Wildman–Crippen LogP) is 3.45. The van der Waals surface area contributed by atoms with Crippen molar-refractivity contribution < 1.29 is 24.3 Å². The van der Waals surface area contributed by atoms with E-state index in [-0.39, 0.29) is 29.9 Å². The van der Waals surface area contributed by atoms with Gasteiger partial charge >= 0.3 is 0 Å². The van der Waals surface area contributed by atoms with Gasteiger partial charge < -0.3 is 9.84 Å². The number of carbonyl (C=O) groups excluding carboxylic acids is 2. The smallest absolute Gasteiger partial charge is 0.262 e. The number of hydroxylamine groups is 1. The first-order valence-corrected chi connectivity index (χ1v) is 10.4. The van der Waals surface area contributed by atoms with Gasteiger partial charge in [-0.15, -0.1) is 0 Å². The minimum atomic E-state index is -0.920. The lowest BCUT2D eigenvalue weighted by molar-refractivity contribution is -0.143. The number of phenols is 1. The topological polar surface area (TPSA) is 79.3 Å². The van der Waals surface area contributed by atoms with E-state index >= 15 is 0 Å². The maximum Gasteiger partial charge on any atom is 0.262 e. The van der Waals surface area contributed by atoms with Crippen LogP contribution in [0.4, 0.5) is 5.69 Å². The van der Waals surface area contributed by atoms with Crippen LogP contribution in [0.1, 0.15) is 17.2 Å². The van der Waals surface area contributed by atoms with E-state index in [9.17, 15) is 14.7 Å². The van der Waals surface area contributed by atoms with Gasteiger partial charge in [-0.2, -0.15) is 0 Å². The van der Waals surface area contributed by atoms with Crippen LogP contribution in [-0.4, -0.2) is 35.0 Å². The number of benzene rings is 3. The van der Waals surface area contributed by atoms with Gasteiger partial charge in [-0.1, -0.05) is 54.6 Å². The fourth-order valence-electron chi connectivity index (χ4n) is 4.41. The molecule has 3 aromatic rings. The molecule has 2 fully saturated rings. The van der Waals surface area contributed by atoms with E-state index in [1.54, 1.807) is 17.2 Å². The number of imide groups is 1. The minimum Gasteiger partial charge on any atom is -0.504 e. The molecule has 0 bridgehead atoms. The van der Waals surface area contributed by atoms with Gasteiger partial charge in [0.1, 0.15) is 5.92 Å². The fraction of sp³-hybridized carbons (Fsp3) is 0.200. The largest absolute Gasteiger partial charge is 0.504 e. The van der Waals surface area contributed by atoms with Gasteiger partial charge in [-0.25, -0.2) is 5.06 Å². The van der Waals surface area contributed by atoms with Crippen LogP contribution in [0.2, 0.25) is 0 Å². The molecule has 2 aliphatic rings. The van der Waals surface area contributed by atoms with E-state index in [0.29, 0.717) is 5.56 Å². The van der Waals surface area contributed by atoms with Gasteiger partial charge in [0.15, 0.2) is 17.6 Å². The van der Waals surface area contributed by atoms with Crippen molar-refractivity contribution in [3.8, 4) is 11.5 Å². The Balaban J connectivity index is 1.55. The molecule has 7 nitrogen and oxygen atoms in total. The maximum absolute atomic E-state index is 13.5. The Morgan fingerprint density at radius 3 is 2.31 bits per heavy atom. The van der Waals surface area contributed by atoms with Gasteiger partial charge in [0.05, 0.1) is 25.4 Å². The van der Waals surface area contributed by atoms with Crippen molar-refractivity contribution in [2.75, 3.05) is 12.2 Å². The number of carbonyl (C=O) groups is 2. The van der Waals surface area contributed by atoms with E-state index in [0.717, 1.165) is 11.3 Å². The number of likely N-dealkylation sites (tertiary alicyclic amines) is 1. The summed E-state index contributed by atoms with van der Waals surface area (Å²) in [6.07, 6.45) is -0.920. The summed E-state index contributed by atoms with van der Waals surface area (Å²) in [5.74, 6) is -1.06. The monoisotopic (exact) mass is 430 g/mol. The molecule has 0 unspecified atom stereocenters. The summed E-state index contributed by atoms with van der Waals surface area (Å²) in [4.78, 5) is 34.1. The number of hydrogen-bond donors (Lipinski definition) is 1. The first-order valence-electron chi connectivity index (χ1n) is 10.4. The molecule has 5 rings (SSSR count). The minimum absolute atomic E-state index is 0.00231. The van der Waals surface area contributed by atoms with E-state index in [2.05, 4.69) is 0 Å². The van der Waals surface area contributed by atoms with Gasteiger partial charge in [-0.05, 0) is 35.4 Å². The lowest BCUT2D eigenvalue weighted by Crippen LogP contribution is -2.36. The van der Waals surface area contributed by atoms with E-state index in [1.807, 2.05) is 60.7 Å². The van der Waals surface area contributed by atoms with Crippen LogP contribution in [0.15, 0.2) is 78.9 Å². The number of amides is 2. The highest BCUT2D eigenvalue weighted by Gasteiger charge is 2.59. The van der Waals surface area contributed by atoms with Crippen LogP contribution in [-0.2, 0) is 21.0 Å². The van der Waals surface area contributed by atoms with Crippen LogP contribution in [0.5, 0.6) is 11.5 Å². The second-order valence-electron chi connectivity index (χ2n) is 7.84. The van der Waals surface area contributed by atoms with Crippen LogP contribution in [0, 0.1) is 5.92 Å². The van der Waals surface area contributed by atoms with Crippen molar-refractivity contribution in [1.29, 1.82) is 0 Å². The number of methoxy groups -OCH3 is 1. The first-order chi connectivity index (χ1) is 15.6.